The van der Waals surface area contributed by atoms with E-state index >= 15 is 0 Å². The van der Waals surface area contributed by atoms with E-state index in [1.807, 2.05) is 25.2 Å². The number of nitrogens with two attached hydrogens (primary N) is 1. The molecule has 0 atom stereocenters. The number of nitrogen functional groups attached to an aromatic ring is 1. The molecular formula is C13H14N6O. The Balaban J connectivity index is 2.21. The number of rotatable bonds is 3. The SMILES string of the molecule is CNc1cc(-c2[nH]nc3ncnc(N)c23)ccc1OC. The molecule has 3 aromatic rings. The van der Waals surface area contributed by atoms with Gasteiger partial charge < -0.3 is 15.8 Å². The van der Waals surface area contributed by atoms with Crippen LogP contribution in [0.15, 0.2) is 24.5 Å². The molecule has 0 radical (unpaired) electrons. The first-order chi connectivity index (χ1) is 9.74. The Kier molecular flexibility index (Phi) is 2.86. The summed E-state index contributed by atoms with van der Waals surface area (Å²) < 4.78 is 5.28. The number of nitrogens with zero attached hydrogens (tertiary/aromatic N) is 3. The van der Waals surface area contributed by atoms with E-state index in [4.69, 9.17) is 10.5 Å². The van der Waals surface area contributed by atoms with Crippen molar-refractivity contribution in [3.63, 3.8) is 0 Å². The first kappa shape index (κ1) is 12.2. The van der Waals surface area contributed by atoms with Crippen LogP contribution in [0.1, 0.15) is 0 Å². The summed E-state index contributed by atoms with van der Waals surface area (Å²) in [7, 11) is 3.47. The first-order valence-corrected chi connectivity index (χ1v) is 6.05. The second-order valence-corrected chi connectivity index (χ2v) is 4.22. The zero-order valence-electron chi connectivity index (χ0n) is 11.1. The van der Waals surface area contributed by atoms with Crippen molar-refractivity contribution in [3.8, 4) is 17.0 Å². The van der Waals surface area contributed by atoms with Gasteiger partial charge in [0, 0.05) is 12.6 Å². The van der Waals surface area contributed by atoms with E-state index in [2.05, 4.69) is 25.5 Å². The normalized spacial score (nSPS) is 10.7. The molecule has 0 aliphatic heterocycles. The summed E-state index contributed by atoms with van der Waals surface area (Å²) in [6.45, 7) is 0. The number of anilines is 2. The first-order valence-electron chi connectivity index (χ1n) is 6.05. The van der Waals surface area contributed by atoms with E-state index in [1.165, 1.54) is 6.33 Å². The quantitative estimate of drug-likeness (QED) is 0.669. The predicted octanol–water partition coefficient (Wildman–Crippen LogP) is 1.65. The van der Waals surface area contributed by atoms with Crippen LogP contribution in [0.25, 0.3) is 22.3 Å². The van der Waals surface area contributed by atoms with Crippen molar-refractivity contribution in [1.82, 2.24) is 20.2 Å². The van der Waals surface area contributed by atoms with Crippen molar-refractivity contribution < 1.29 is 4.74 Å². The lowest BCUT2D eigenvalue weighted by Gasteiger charge is -2.09. The van der Waals surface area contributed by atoms with Gasteiger partial charge in [-0.2, -0.15) is 5.10 Å². The molecule has 4 N–H and O–H groups in total. The summed E-state index contributed by atoms with van der Waals surface area (Å²) in [6.07, 6.45) is 1.40. The van der Waals surface area contributed by atoms with Crippen LogP contribution < -0.4 is 15.8 Å². The average Bonchev–Trinajstić information content (AvgIpc) is 2.92. The monoisotopic (exact) mass is 270 g/mol. The van der Waals surface area contributed by atoms with Crippen molar-refractivity contribution in [2.24, 2.45) is 0 Å². The molecule has 0 aliphatic carbocycles. The summed E-state index contributed by atoms with van der Waals surface area (Å²) in [4.78, 5) is 8.10. The number of hydrogen-bond donors (Lipinski definition) is 3. The van der Waals surface area contributed by atoms with Gasteiger partial charge in [-0.15, -0.1) is 0 Å². The Labute approximate surface area is 115 Å². The summed E-state index contributed by atoms with van der Waals surface area (Å²) in [5, 5.41) is 10.9. The summed E-state index contributed by atoms with van der Waals surface area (Å²) in [6, 6.07) is 5.77. The van der Waals surface area contributed by atoms with Gasteiger partial charge >= 0.3 is 0 Å². The van der Waals surface area contributed by atoms with Crippen LogP contribution in [0.3, 0.4) is 0 Å². The fraction of sp³-hybridized carbons (Fsp3) is 0.154. The maximum atomic E-state index is 5.91. The molecule has 0 aliphatic rings. The highest BCUT2D eigenvalue weighted by molar-refractivity contribution is 5.98. The standard InChI is InChI=1S/C13H14N6O/c1-15-8-5-7(3-4-9(8)20-2)11-10-12(14)16-6-17-13(10)19-18-11/h3-6,15H,1-2H3,(H3,14,16,17,18,19). The Morgan fingerprint density at radius 2 is 2.15 bits per heavy atom. The Bertz CT molecular complexity index is 767. The molecule has 2 aromatic heterocycles. The number of H-pyrrole nitrogens is 1. The van der Waals surface area contributed by atoms with Gasteiger partial charge in [0.1, 0.15) is 17.9 Å². The molecule has 2 heterocycles. The highest BCUT2D eigenvalue weighted by Crippen LogP contribution is 2.33. The van der Waals surface area contributed by atoms with E-state index in [0.29, 0.717) is 11.5 Å². The number of fused-ring (bicyclic) bond motifs is 1. The molecule has 7 heteroatoms. The number of nitrogens with one attached hydrogen (secondary N) is 2. The average molecular weight is 270 g/mol. The van der Waals surface area contributed by atoms with Crippen molar-refractivity contribution >= 4 is 22.5 Å². The van der Waals surface area contributed by atoms with E-state index in [1.54, 1.807) is 7.11 Å². The lowest BCUT2D eigenvalue weighted by molar-refractivity contribution is 0.416. The van der Waals surface area contributed by atoms with Gasteiger partial charge in [0.05, 0.1) is 23.9 Å². The van der Waals surface area contributed by atoms with Crippen molar-refractivity contribution in [1.29, 1.82) is 0 Å². The molecule has 0 saturated carbocycles. The van der Waals surface area contributed by atoms with E-state index < -0.39 is 0 Å². The number of aromatic amines is 1. The molecule has 0 spiro atoms. The van der Waals surface area contributed by atoms with E-state index in [-0.39, 0.29) is 0 Å². The van der Waals surface area contributed by atoms with Gasteiger partial charge in [-0.3, -0.25) is 5.10 Å². The van der Waals surface area contributed by atoms with E-state index in [9.17, 15) is 0 Å². The Hall–Kier alpha value is -2.83. The fourth-order valence-corrected chi connectivity index (χ4v) is 2.15. The molecule has 0 fully saturated rings. The van der Waals surface area contributed by atoms with Crippen LogP contribution in [0, 0.1) is 0 Å². The number of hydrogen-bond acceptors (Lipinski definition) is 6. The van der Waals surface area contributed by atoms with Crippen LogP contribution in [0.2, 0.25) is 0 Å². The minimum Gasteiger partial charge on any atom is -0.495 e. The van der Waals surface area contributed by atoms with Gasteiger partial charge in [0.2, 0.25) is 0 Å². The topological polar surface area (TPSA) is 102 Å². The van der Waals surface area contributed by atoms with Crippen LogP contribution in [0.4, 0.5) is 11.5 Å². The number of ether oxygens (including phenoxy) is 1. The van der Waals surface area contributed by atoms with Gasteiger partial charge in [0.15, 0.2) is 5.65 Å². The van der Waals surface area contributed by atoms with Crippen molar-refractivity contribution in [2.75, 3.05) is 25.2 Å². The Morgan fingerprint density at radius 3 is 2.90 bits per heavy atom. The molecule has 3 rings (SSSR count). The lowest BCUT2D eigenvalue weighted by Crippen LogP contribution is -1.95. The number of methoxy groups -OCH3 is 1. The summed E-state index contributed by atoms with van der Waals surface area (Å²) in [5.41, 5.74) is 9.06. The van der Waals surface area contributed by atoms with Crippen LogP contribution in [-0.4, -0.2) is 34.3 Å². The number of benzene rings is 1. The molecular weight excluding hydrogens is 256 g/mol. The van der Waals surface area contributed by atoms with E-state index in [0.717, 1.165) is 28.1 Å². The maximum absolute atomic E-state index is 5.91. The second kappa shape index (κ2) is 4.69. The van der Waals surface area contributed by atoms with Gasteiger partial charge in [-0.05, 0) is 18.2 Å². The highest BCUT2D eigenvalue weighted by atomic mass is 16.5. The van der Waals surface area contributed by atoms with Gasteiger partial charge in [-0.25, -0.2) is 9.97 Å². The second-order valence-electron chi connectivity index (χ2n) is 4.22. The van der Waals surface area contributed by atoms with Crippen LogP contribution in [0.5, 0.6) is 5.75 Å². The molecule has 1 aromatic carbocycles. The van der Waals surface area contributed by atoms with Gasteiger partial charge in [0.25, 0.3) is 0 Å². The maximum Gasteiger partial charge on any atom is 0.186 e. The zero-order chi connectivity index (χ0) is 14.1. The van der Waals surface area contributed by atoms with Crippen LogP contribution in [-0.2, 0) is 0 Å². The molecule has 0 amide bonds. The predicted molar refractivity (Wildman–Crippen MR) is 77.6 cm³/mol. The third-order valence-electron chi connectivity index (χ3n) is 3.14. The molecule has 0 unspecified atom stereocenters. The molecule has 7 nitrogen and oxygen atoms in total. The van der Waals surface area contributed by atoms with Crippen molar-refractivity contribution in [2.45, 2.75) is 0 Å². The third kappa shape index (κ3) is 1.80. The Morgan fingerprint density at radius 1 is 1.30 bits per heavy atom. The largest absolute Gasteiger partial charge is 0.495 e. The summed E-state index contributed by atoms with van der Waals surface area (Å²) in [5.74, 6) is 1.17. The minimum absolute atomic E-state index is 0.403. The fourth-order valence-electron chi connectivity index (χ4n) is 2.15. The lowest BCUT2D eigenvalue weighted by atomic mass is 10.1. The third-order valence-corrected chi connectivity index (χ3v) is 3.14. The molecule has 0 saturated heterocycles. The van der Waals surface area contributed by atoms with Crippen molar-refractivity contribution in [3.05, 3.63) is 24.5 Å². The molecule has 20 heavy (non-hydrogen) atoms. The minimum atomic E-state index is 0.403. The van der Waals surface area contributed by atoms with Gasteiger partial charge in [-0.1, -0.05) is 0 Å². The molecule has 102 valence electrons. The number of aromatic nitrogens is 4. The zero-order valence-corrected chi connectivity index (χ0v) is 11.1. The molecule has 0 bridgehead atoms. The highest BCUT2D eigenvalue weighted by Gasteiger charge is 2.13. The van der Waals surface area contributed by atoms with Crippen LogP contribution >= 0.6 is 0 Å². The smallest absolute Gasteiger partial charge is 0.186 e. The summed E-state index contributed by atoms with van der Waals surface area (Å²) >= 11 is 0.